The van der Waals surface area contributed by atoms with E-state index < -0.39 is 0 Å². The van der Waals surface area contributed by atoms with Crippen molar-refractivity contribution in [1.82, 2.24) is 5.32 Å². The first kappa shape index (κ1) is 9.13. The molecule has 1 aliphatic carbocycles. The Balaban J connectivity index is 2.14. The zero-order valence-electron chi connectivity index (χ0n) is 8.10. The number of nitrogens with one attached hydrogen (secondary N) is 1. The maximum absolute atomic E-state index is 4.20. The van der Waals surface area contributed by atoms with E-state index in [4.69, 9.17) is 0 Å². The fourth-order valence-corrected chi connectivity index (χ4v) is 2.85. The van der Waals surface area contributed by atoms with Crippen LogP contribution in [0, 0.1) is 0 Å². The van der Waals surface area contributed by atoms with Crippen molar-refractivity contribution >= 4 is 16.9 Å². The average molecular weight is 196 g/mol. The highest BCUT2D eigenvalue weighted by Crippen LogP contribution is 2.28. The van der Waals surface area contributed by atoms with Crippen molar-refractivity contribution in [3.8, 4) is 0 Å². The van der Waals surface area contributed by atoms with Gasteiger partial charge in [0, 0.05) is 18.5 Å². The third kappa shape index (κ3) is 2.08. The summed E-state index contributed by atoms with van der Waals surface area (Å²) in [7, 11) is 1.86. The van der Waals surface area contributed by atoms with Crippen molar-refractivity contribution in [1.29, 1.82) is 0 Å². The summed E-state index contributed by atoms with van der Waals surface area (Å²) >= 11 is 1.84. The van der Waals surface area contributed by atoms with Gasteiger partial charge in [-0.25, -0.2) is 0 Å². The van der Waals surface area contributed by atoms with E-state index in [-0.39, 0.29) is 0 Å². The van der Waals surface area contributed by atoms with Gasteiger partial charge in [-0.05, 0) is 31.3 Å². The Kier molecular flexibility index (Phi) is 2.94. The normalized spacial score (nSPS) is 26.7. The second kappa shape index (κ2) is 4.18. The molecule has 1 aliphatic heterocycles. The fraction of sp³-hybridized carbons (Fsp3) is 0.700. The van der Waals surface area contributed by atoms with Crippen molar-refractivity contribution in [2.24, 2.45) is 4.99 Å². The highest BCUT2D eigenvalue weighted by Gasteiger charge is 2.17. The van der Waals surface area contributed by atoms with Crippen molar-refractivity contribution in [2.45, 2.75) is 32.1 Å². The lowest BCUT2D eigenvalue weighted by atomic mass is 10.1. The van der Waals surface area contributed by atoms with Gasteiger partial charge < -0.3 is 5.32 Å². The molecule has 0 amide bonds. The third-order valence-electron chi connectivity index (χ3n) is 2.68. The summed E-state index contributed by atoms with van der Waals surface area (Å²) in [6.45, 7) is 0. The lowest BCUT2D eigenvalue weighted by Gasteiger charge is -2.21. The van der Waals surface area contributed by atoms with Crippen LogP contribution < -0.4 is 5.32 Å². The zero-order valence-corrected chi connectivity index (χ0v) is 8.91. The molecule has 0 radical (unpaired) electrons. The fourth-order valence-electron chi connectivity index (χ4n) is 1.90. The highest BCUT2D eigenvalue weighted by molar-refractivity contribution is 8.14. The first-order valence-corrected chi connectivity index (χ1v) is 5.96. The van der Waals surface area contributed by atoms with Gasteiger partial charge in [0.25, 0.3) is 0 Å². The van der Waals surface area contributed by atoms with E-state index in [1.54, 1.807) is 5.57 Å². The molecule has 0 aromatic heterocycles. The summed E-state index contributed by atoms with van der Waals surface area (Å²) in [4.78, 5) is 4.20. The Hall–Kier alpha value is -0.440. The number of amidine groups is 1. The number of hydrogen-bond acceptors (Lipinski definition) is 2. The minimum absolute atomic E-state index is 1.10. The molecule has 0 unspecified atom stereocenters. The monoisotopic (exact) mass is 196 g/mol. The van der Waals surface area contributed by atoms with E-state index in [0.717, 1.165) is 10.9 Å². The zero-order chi connectivity index (χ0) is 9.10. The van der Waals surface area contributed by atoms with Gasteiger partial charge in [-0.3, -0.25) is 4.99 Å². The summed E-state index contributed by atoms with van der Waals surface area (Å²) in [5.74, 6) is 1.16. The number of thioether (sulfide) groups is 1. The van der Waals surface area contributed by atoms with Gasteiger partial charge in [0.1, 0.15) is 0 Å². The van der Waals surface area contributed by atoms with Crippen LogP contribution in [0.2, 0.25) is 0 Å². The molecule has 0 saturated carbocycles. The standard InChI is InChI=1S/C10H16N2S/c1-11-10-12-9-6-4-2-3-5-8(9)7-13-10/h2-7H2,1H3,(H,11,12). The molecule has 0 atom stereocenters. The Morgan fingerprint density at radius 2 is 2.08 bits per heavy atom. The van der Waals surface area contributed by atoms with Crippen LogP contribution in [0.15, 0.2) is 16.3 Å². The van der Waals surface area contributed by atoms with E-state index in [2.05, 4.69) is 10.3 Å². The number of nitrogens with zero attached hydrogens (tertiary/aromatic N) is 1. The maximum atomic E-state index is 4.20. The van der Waals surface area contributed by atoms with Crippen molar-refractivity contribution in [3.63, 3.8) is 0 Å². The van der Waals surface area contributed by atoms with E-state index >= 15 is 0 Å². The maximum Gasteiger partial charge on any atom is 0.160 e. The van der Waals surface area contributed by atoms with E-state index in [1.165, 1.54) is 37.8 Å². The Morgan fingerprint density at radius 1 is 1.23 bits per heavy atom. The molecular weight excluding hydrogens is 180 g/mol. The molecule has 13 heavy (non-hydrogen) atoms. The molecular formula is C10H16N2S. The Bertz CT molecular complexity index is 256. The Morgan fingerprint density at radius 3 is 2.92 bits per heavy atom. The molecule has 1 N–H and O–H groups in total. The minimum Gasteiger partial charge on any atom is -0.339 e. The quantitative estimate of drug-likeness (QED) is 0.644. The molecule has 2 nitrogen and oxygen atoms in total. The second-order valence-corrected chi connectivity index (χ2v) is 4.55. The topological polar surface area (TPSA) is 24.4 Å². The van der Waals surface area contributed by atoms with Gasteiger partial charge in [-0.2, -0.15) is 0 Å². The van der Waals surface area contributed by atoms with Gasteiger partial charge in [-0.1, -0.05) is 18.2 Å². The van der Waals surface area contributed by atoms with Crippen molar-refractivity contribution < 1.29 is 0 Å². The molecule has 0 fully saturated rings. The summed E-state index contributed by atoms with van der Waals surface area (Å²) in [6, 6.07) is 0. The lowest BCUT2D eigenvalue weighted by Crippen LogP contribution is -2.26. The predicted molar refractivity (Wildman–Crippen MR) is 59.1 cm³/mol. The molecule has 2 rings (SSSR count). The van der Waals surface area contributed by atoms with Crippen LogP contribution in [0.1, 0.15) is 32.1 Å². The highest BCUT2D eigenvalue weighted by atomic mass is 32.2. The number of hydrogen-bond donors (Lipinski definition) is 1. The van der Waals surface area contributed by atoms with E-state index in [9.17, 15) is 0 Å². The summed E-state index contributed by atoms with van der Waals surface area (Å²) in [5, 5.41) is 4.54. The molecule has 0 spiro atoms. The van der Waals surface area contributed by atoms with Crippen LogP contribution in [0.5, 0.6) is 0 Å². The average Bonchev–Trinajstić information content (AvgIpc) is 2.41. The lowest BCUT2D eigenvalue weighted by molar-refractivity contribution is 0.702. The molecule has 2 aliphatic rings. The molecule has 0 aromatic rings. The molecule has 3 heteroatoms. The predicted octanol–water partition coefficient (Wildman–Crippen LogP) is 2.53. The van der Waals surface area contributed by atoms with Gasteiger partial charge in [0.05, 0.1) is 0 Å². The molecule has 0 saturated heterocycles. The van der Waals surface area contributed by atoms with Crippen LogP contribution in [0.4, 0.5) is 0 Å². The van der Waals surface area contributed by atoms with Crippen LogP contribution in [0.3, 0.4) is 0 Å². The van der Waals surface area contributed by atoms with Crippen molar-refractivity contribution in [2.75, 3.05) is 12.8 Å². The number of aliphatic imine (C=N–C) groups is 1. The summed E-state index contributed by atoms with van der Waals surface area (Å²) in [5.41, 5.74) is 3.10. The van der Waals surface area contributed by atoms with E-state index in [1.807, 2.05) is 18.8 Å². The number of allylic oxidation sites excluding steroid dienone is 1. The minimum atomic E-state index is 1.10. The molecule has 0 bridgehead atoms. The SMILES string of the molecule is CN=C1NC2=C(CCCCC2)CS1. The molecule has 72 valence electrons. The summed E-state index contributed by atoms with van der Waals surface area (Å²) < 4.78 is 0. The molecule has 1 heterocycles. The molecule has 0 aromatic carbocycles. The van der Waals surface area contributed by atoms with Gasteiger partial charge >= 0.3 is 0 Å². The first-order chi connectivity index (χ1) is 6.40. The summed E-state index contributed by atoms with van der Waals surface area (Å²) in [6.07, 6.45) is 6.63. The van der Waals surface area contributed by atoms with Crippen molar-refractivity contribution in [3.05, 3.63) is 11.3 Å². The van der Waals surface area contributed by atoms with Crippen LogP contribution in [-0.4, -0.2) is 18.0 Å². The first-order valence-electron chi connectivity index (χ1n) is 4.97. The van der Waals surface area contributed by atoms with Crippen LogP contribution in [0.25, 0.3) is 0 Å². The van der Waals surface area contributed by atoms with Gasteiger partial charge in [-0.15, -0.1) is 0 Å². The second-order valence-electron chi connectivity index (χ2n) is 3.59. The van der Waals surface area contributed by atoms with E-state index in [0.29, 0.717) is 0 Å². The Labute approximate surface area is 83.9 Å². The third-order valence-corrected chi connectivity index (χ3v) is 3.73. The number of rotatable bonds is 0. The van der Waals surface area contributed by atoms with Crippen LogP contribution >= 0.6 is 11.8 Å². The van der Waals surface area contributed by atoms with Gasteiger partial charge in [0.15, 0.2) is 5.17 Å². The van der Waals surface area contributed by atoms with Crippen LogP contribution in [-0.2, 0) is 0 Å². The smallest absolute Gasteiger partial charge is 0.160 e. The van der Waals surface area contributed by atoms with Gasteiger partial charge in [0.2, 0.25) is 0 Å². The largest absolute Gasteiger partial charge is 0.339 e.